The molecule has 2 aliphatic heterocycles. The Morgan fingerprint density at radius 1 is 1.00 bits per heavy atom. The molecule has 0 aromatic heterocycles. The summed E-state index contributed by atoms with van der Waals surface area (Å²) in [7, 11) is 0. The second kappa shape index (κ2) is 9.74. The number of allylic oxidation sites excluding steroid dienone is 2. The van der Waals surface area contributed by atoms with Crippen LogP contribution in [-0.2, 0) is 28.7 Å². The van der Waals surface area contributed by atoms with Crippen molar-refractivity contribution < 1.29 is 28.7 Å². The number of nitrogens with zero attached hydrogens (tertiary/aromatic N) is 2. The Bertz CT molecular complexity index is 927. The Hall–Kier alpha value is -3.20. The molecule has 0 radical (unpaired) electrons. The summed E-state index contributed by atoms with van der Waals surface area (Å²) in [5.74, 6) is -2.81. The molecule has 2 fully saturated rings. The molecule has 33 heavy (non-hydrogen) atoms. The molecule has 4 atom stereocenters. The lowest BCUT2D eigenvalue weighted by Crippen LogP contribution is -2.46. The number of hydrogen-bond donors (Lipinski definition) is 1. The van der Waals surface area contributed by atoms with E-state index in [4.69, 9.17) is 9.47 Å². The van der Waals surface area contributed by atoms with Crippen LogP contribution in [0.15, 0.2) is 36.4 Å². The van der Waals surface area contributed by atoms with E-state index in [9.17, 15) is 19.2 Å². The molecule has 9 heteroatoms. The maximum absolute atomic E-state index is 12.7. The number of ether oxygens (including phenoxy) is 2. The van der Waals surface area contributed by atoms with Gasteiger partial charge in [-0.25, -0.2) is 4.79 Å². The second-order valence-corrected chi connectivity index (χ2v) is 8.59. The molecule has 0 saturated carbocycles. The van der Waals surface area contributed by atoms with E-state index in [1.54, 1.807) is 12.1 Å². The monoisotopic (exact) mass is 455 g/mol. The quantitative estimate of drug-likeness (QED) is 0.396. The fourth-order valence-electron chi connectivity index (χ4n) is 4.46. The van der Waals surface area contributed by atoms with Crippen molar-refractivity contribution in [2.24, 2.45) is 11.8 Å². The molecule has 1 aliphatic carbocycles. The van der Waals surface area contributed by atoms with Gasteiger partial charge in [0.2, 0.25) is 11.8 Å². The first kappa shape index (κ1) is 23.0. The first-order valence-corrected chi connectivity index (χ1v) is 11.3. The molecule has 3 amide bonds. The van der Waals surface area contributed by atoms with Crippen molar-refractivity contribution in [2.75, 3.05) is 36.5 Å². The summed E-state index contributed by atoms with van der Waals surface area (Å²) >= 11 is 0. The van der Waals surface area contributed by atoms with E-state index in [1.165, 1.54) is 13.8 Å². The fourth-order valence-corrected chi connectivity index (χ4v) is 4.46. The van der Waals surface area contributed by atoms with Gasteiger partial charge in [-0.15, -0.1) is 0 Å². The van der Waals surface area contributed by atoms with Crippen LogP contribution in [0.5, 0.6) is 0 Å². The number of morpholine rings is 1. The molecule has 0 spiro atoms. The van der Waals surface area contributed by atoms with Crippen LogP contribution >= 0.6 is 0 Å². The molecule has 3 aliphatic rings. The number of nitrogens with one attached hydrogen (secondary N) is 1. The smallest absolute Gasteiger partial charge is 0.329 e. The molecule has 2 heterocycles. The van der Waals surface area contributed by atoms with Crippen LogP contribution in [0.2, 0.25) is 0 Å². The van der Waals surface area contributed by atoms with Gasteiger partial charge in [0.25, 0.3) is 5.91 Å². The molecule has 4 rings (SSSR count). The van der Waals surface area contributed by atoms with Gasteiger partial charge in [-0.05, 0) is 51.0 Å². The predicted octanol–water partition coefficient (Wildman–Crippen LogP) is 1.73. The zero-order valence-electron chi connectivity index (χ0n) is 18.9. The van der Waals surface area contributed by atoms with Crippen molar-refractivity contribution in [3.63, 3.8) is 0 Å². The van der Waals surface area contributed by atoms with Gasteiger partial charge >= 0.3 is 5.97 Å². The summed E-state index contributed by atoms with van der Waals surface area (Å²) in [5, 5.41) is 2.73. The molecular formula is C24H29N3O6. The summed E-state index contributed by atoms with van der Waals surface area (Å²) < 4.78 is 10.7. The minimum absolute atomic E-state index is 0.351. The van der Waals surface area contributed by atoms with E-state index < -0.39 is 35.9 Å². The number of rotatable bonds is 6. The molecule has 2 saturated heterocycles. The van der Waals surface area contributed by atoms with Gasteiger partial charge in [0, 0.05) is 24.5 Å². The number of amides is 3. The van der Waals surface area contributed by atoms with Crippen LogP contribution in [-0.4, -0.2) is 67.0 Å². The minimum atomic E-state index is -1.09. The van der Waals surface area contributed by atoms with Gasteiger partial charge in [-0.3, -0.25) is 19.3 Å². The topological polar surface area (TPSA) is 105 Å². The van der Waals surface area contributed by atoms with Gasteiger partial charge in [-0.2, -0.15) is 0 Å². The van der Waals surface area contributed by atoms with E-state index in [0.29, 0.717) is 31.7 Å². The Kier molecular flexibility index (Phi) is 6.78. The number of anilines is 2. The highest BCUT2D eigenvalue weighted by molar-refractivity contribution is 6.08. The number of carbonyl (C=O) groups is 4. The van der Waals surface area contributed by atoms with Gasteiger partial charge in [-0.1, -0.05) is 12.2 Å². The standard InChI is InChI=1S/C24H29N3O6/c1-15(27-22(29)19-5-3-4-6-20(19)23(27)30)24(31)33-16(2)21(28)25-17-7-9-18(10-8-17)26-11-13-32-14-12-26/h3-4,7-10,15-16,19-20H,5-6,11-14H2,1-2H3,(H,25,28). The van der Waals surface area contributed by atoms with E-state index in [-0.39, 0.29) is 11.8 Å². The fraction of sp³-hybridized carbons (Fsp3) is 0.500. The number of esters is 1. The SMILES string of the molecule is CC(OC(=O)C(C)N1C(=O)C2CC=CCC2C1=O)C(=O)Nc1ccc(N2CCOCC2)cc1. The minimum Gasteiger partial charge on any atom is -0.451 e. The lowest BCUT2D eigenvalue weighted by Gasteiger charge is -2.29. The zero-order valence-corrected chi connectivity index (χ0v) is 18.9. The second-order valence-electron chi connectivity index (χ2n) is 8.59. The van der Waals surface area contributed by atoms with Crippen molar-refractivity contribution in [1.82, 2.24) is 4.90 Å². The normalized spacial score (nSPS) is 24.3. The van der Waals surface area contributed by atoms with E-state index in [1.807, 2.05) is 24.3 Å². The van der Waals surface area contributed by atoms with Gasteiger partial charge in [0.15, 0.2) is 6.10 Å². The molecule has 176 valence electrons. The molecule has 1 aromatic rings. The van der Waals surface area contributed by atoms with E-state index >= 15 is 0 Å². The highest BCUT2D eigenvalue weighted by Gasteiger charge is 2.50. The van der Waals surface area contributed by atoms with Crippen LogP contribution in [0.1, 0.15) is 26.7 Å². The lowest BCUT2D eigenvalue weighted by atomic mass is 9.85. The number of likely N-dealkylation sites (tertiary alicyclic amines) is 1. The summed E-state index contributed by atoms with van der Waals surface area (Å²) in [4.78, 5) is 53.7. The van der Waals surface area contributed by atoms with Crippen LogP contribution < -0.4 is 10.2 Å². The maximum atomic E-state index is 12.7. The summed E-state index contributed by atoms with van der Waals surface area (Å²) in [6.45, 7) is 5.92. The number of benzene rings is 1. The van der Waals surface area contributed by atoms with Crippen LogP contribution in [0.25, 0.3) is 0 Å². The predicted molar refractivity (Wildman–Crippen MR) is 120 cm³/mol. The average molecular weight is 456 g/mol. The van der Waals surface area contributed by atoms with Gasteiger partial charge in [0.05, 0.1) is 25.0 Å². The number of imide groups is 1. The zero-order chi connectivity index (χ0) is 23.5. The molecular weight excluding hydrogens is 426 g/mol. The lowest BCUT2D eigenvalue weighted by molar-refractivity contribution is -0.163. The Labute approximate surface area is 192 Å². The van der Waals surface area contributed by atoms with Crippen molar-refractivity contribution in [3.05, 3.63) is 36.4 Å². The van der Waals surface area contributed by atoms with Gasteiger partial charge < -0.3 is 19.7 Å². The van der Waals surface area contributed by atoms with Crippen molar-refractivity contribution >= 4 is 35.1 Å². The van der Waals surface area contributed by atoms with Crippen molar-refractivity contribution in [3.8, 4) is 0 Å². The Balaban J connectivity index is 1.31. The number of fused-ring (bicyclic) bond motifs is 1. The summed E-state index contributed by atoms with van der Waals surface area (Å²) in [6, 6.07) is 6.32. The average Bonchev–Trinajstić information content (AvgIpc) is 3.09. The molecule has 4 unspecified atom stereocenters. The summed E-state index contributed by atoms with van der Waals surface area (Å²) in [6.07, 6.45) is 3.68. The van der Waals surface area contributed by atoms with Crippen LogP contribution in [0.4, 0.5) is 11.4 Å². The molecule has 1 N–H and O–H groups in total. The van der Waals surface area contributed by atoms with Crippen molar-refractivity contribution in [1.29, 1.82) is 0 Å². The van der Waals surface area contributed by atoms with E-state index in [0.717, 1.165) is 23.7 Å². The summed E-state index contributed by atoms with van der Waals surface area (Å²) in [5.41, 5.74) is 1.62. The number of hydrogen-bond acceptors (Lipinski definition) is 7. The van der Waals surface area contributed by atoms with Crippen LogP contribution in [0.3, 0.4) is 0 Å². The Morgan fingerprint density at radius 2 is 1.58 bits per heavy atom. The van der Waals surface area contributed by atoms with Gasteiger partial charge in [0.1, 0.15) is 6.04 Å². The third kappa shape index (κ3) is 4.78. The number of carbonyl (C=O) groups excluding carboxylic acids is 4. The van der Waals surface area contributed by atoms with Crippen molar-refractivity contribution in [2.45, 2.75) is 38.8 Å². The first-order chi connectivity index (χ1) is 15.9. The molecule has 1 aromatic carbocycles. The largest absolute Gasteiger partial charge is 0.451 e. The molecule has 9 nitrogen and oxygen atoms in total. The first-order valence-electron chi connectivity index (χ1n) is 11.3. The third-order valence-corrected chi connectivity index (χ3v) is 6.44. The third-order valence-electron chi connectivity index (χ3n) is 6.44. The highest BCUT2D eigenvalue weighted by Crippen LogP contribution is 2.36. The highest BCUT2D eigenvalue weighted by atomic mass is 16.5. The Morgan fingerprint density at radius 3 is 2.15 bits per heavy atom. The maximum Gasteiger partial charge on any atom is 0.329 e. The van der Waals surface area contributed by atoms with Crippen LogP contribution in [0, 0.1) is 11.8 Å². The molecule has 0 bridgehead atoms. The van der Waals surface area contributed by atoms with E-state index in [2.05, 4.69) is 10.2 Å².